The second-order valence-electron chi connectivity index (χ2n) is 6.67. The van der Waals surface area contributed by atoms with Crippen molar-refractivity contribution in [3.8, 4) is 16.9 Å². The van der Waals surface area contributed by atoms with Gasteiger partial charge in [0.1, 0.15) is 5.75 Å². The van der Waals surface area contributed by atoms with Crippen molar-refractivity contribution in [3.05, 3.63) is 83.9 Å². The molecular weight excluding hydrogens is 447 g/mol. The summed E-state index contributed by atoms with van der Waals surface area (Å²) in [5.41, 5.74) is 1.64. The van der Waals surface area contributed by atoms with E-state index in [1.807, 2.05) is 0 Å². The van der Waals surface area contributed by atoms with Gasteiger partial charge in [0, 0.05) is 11.3 Å². The molecule has 0 spiro atoms. The van der Waals surface area contributed by atoms with Gasteiger partial charge in [0.05, 0.1) is 18.4 Å². The second-order valence-corrected chi connectivity index (χ2v) is 8.39. The summed E-state index contributed by atoms with van der Waals surface area (Å²) in [6.45, 7) is 0. The summed E-state index contributed by atoms with van der Waals surface area (Å²) in [6, 6.07) is 17.5. The topological polar surface area (TPSA) is 81.7 Å². The number of para-hydroxylation sites is 1. The molecule has 0 saturated carbocycles. The monoisotopic (exact) mass is 465 g/mol. The molecule has 0 bridgehead atoms. The zero-order valence-corrected chi connectivity index (χ0v) is 17.5. The molecule has 10 heteroatoms. The summed E-state index contributed by atoms with van der Waals surface area (Å²) in [4.78, 5) is 11.5. The summed E-state index contributed by atoms with van der Waals surface area (Å²) in [7, 11) is -2.53. The molecule has 3 aromatic rings. The third kappa shape index (κ3) is 6.24. The third-order valence-electron chi connectivity index (χ3n) is 4.31. The first kappa shape index (κ1) is 23.1. The van der Waals surface area contributed by atoms with Gasteiger partial charge in [-0.15, -0.1) is 13.2 Å². The molecule has 6 nitrogen and oxygen atoms in total. The van der Waals surface area contributed by atoms with Crippen molar-refractivity contribution in [1.82, 2.24) is 0 Å². The number of carbonyl (C=O) groups excluding carboxylic acids is 1. The predicted molar refractivity (Wildman–Crippen MR) is 113 cm³/mol. The normalized spacial score (nSPS) is 11.6. The molecule has 0 aliphatic heterocycles. The number of anilines is 1. The van der Waals surface area contributed by atoms with E-state index in [0.29, 0.717) is 16.7 Å². The lowest BCUT2D eigenvalue weighted by molar-refractivity contribution is -0.274. The third-order valence-corrected chi connectivity index (χ3v) is 5.57. The molecule has 0 heterocycles. The molecule has 32 heavy (non-hydrogen) atoms. The number of alkyl halides is 3. The minimum Gasteiger partial charge on any atom is -0.465 e. The fraction of sp³-hybridized carbons (Fsp3) is 0.136. The number of carbonyl (C=O) groups is 1. The Kier molecular flexibility index (Phi) is 6.73. The van der Waals surface area contributed by atoms with Crippen molar-refractivity contribution in [2.75, 3.05) is 11.8 Å². The molecule has 0 aliphatic carbocycles. The van der Waals surface area contributed by atoms with Crippen LogP contribution in [0.3, 0.4) is 0 Å². The lowest BCUT2D eigenvalue weighted by atomic mass is 10.0. The molecule has 3 aromatic carbocycles. The maximum Gasteiger partial charge on any atom is 0.573 e. The van der Waals surface area contributed by atoms with Crippen LogP contribution in [0.15, 0.2) is 72.8 Å². The van der Waals surface area contributed by atoms with E-state index in [0.717, 1.165) is 0 Å². The minimum absolute atomic E-state index is 0.213. The molecule has 0 saturated heterocycles. The quantitative estimate of drug-likeness (QED) is 0.498. The van der Waals surface area contributed by atoms with E-state index in [1.165, 1.54) is 73.8 Å². The van der Waals surface area contributed by atoms with Crippen LogP contribution in [-0.2, 0) is 20.5 Å². The molecule has 168 valence electrons. The Balaban J connectivity index is 1.72. The van der Waals surface area contributed by atoms with E-state index < -0.39 is 22.4 Å². The first-order valence-electron chi connectivity index (χ1n) is 9.19. The smallest absolute Gasteiger partial charge is 0.465 e. The van der Waals surface area contributed by atoms with Crippen LogP contribution in [0, 0.1) is 0 Å². The van der Waals surface area contributed by atoms with Gasteiger partial charge in [-0.25, -0.2) is 13.2 Å². The number of ether oxygens (including phenoxy) is 2. The Labute approximate surface area is 182 Å². The average Bonchev–Trinajstić information content (AvgIpc) is 2.73. The number of sulfonamides is 1. The van der Waals surface area contributed by atoms with E-state index in [-0.39, 0.29) is 22.8 Å². The van der Waals surface area contributed by atoms with Crippen molar-refractivity contribution < 1.29 is 35.9 Å². The summed E-state index contributed by atoms with van der Waals surface area (Å²) in [6.07, 6.45) is -4.83. The highest BCUT2D eigenvalue weighted by molar-refractivity contribution is 7.91. The van der Waals surface area contributed by atoms with Crippen LogP contribution in [0.4, 0.5) is 18.9 Å². The highest BCUT2D eigenvalue weighted by Gasteiger charge is 2.32. The van der Waals surface area contributed by atoms with Crippen molar-refractivity contribution in [2.45, 2.75) is 12.1 Å². The van der Waals surface area contributed by atoms with E-state index >= 15 is 0 Å². The Hall–Kier alpha value is -3.53. The van der Waals surface area contributed by atoms with Gasteiger partial charge in [0.2, 0.25) is 10.0 Å². The van der Waals surface area contributed by atoms with Gasteiger partial charge in [0.15, 0.2) is 0 Å². The Morgan fingerprint density at radius 2 is 1.56 bits per heavy atom. The molecular formula is C22H18F3NO5S. The van der Waals surface area contributed by atoms with Gasteiger partial charge in [-0.2, -0.15) is 0 Å². The number of hydrogen-bond acceptors (Lipinski definition) is 5. The van der Waals surface area contributed by atoms with Crippen LogP contribution in [0.1, 0.15) is 15.9 Å². The van der Waals surface area contributed by atoms with E-state index in [4.69, 9.17) is 0 Å². The Bertz CT molecular complexity index is 1190. The van der Waals surface area contributed by atoms with E-state index in [1.54, 1.807) is 6.07 Å². The molecule has 1 N–H and O–H groups in total. The van der Waals surface area contributed by atoms with Crippen molar-refractivity contribution in [1.29, 1.82) is 0 Å². The molecule has 0 radical (unpaired) electrons. The summed E-state index contributed by atoms with van der Waals surface area (Å²) in [5.74, 6) is -1.22. The SMILES string of the molecule is COC(=O)c1ccc(CS(=O)(=O)Nc2ccc(-c3ccccc3OC(F)(F)F)cc2)cc1. The second kappa shape index (κ2) is 9.31. The first-order chi connectivity index (χ1) is 15.1. The lowest BCUT2D eigenvalue weighted by Gasteiger charge is -2.14. The summed E-state index contributed by atoms with van der Waals surface area (Å²) >= 11 is 0. The van der Waals surface area contributed by atoms with Gasteiger partial charge in [-0.1, -0.05) is 42.5 Å². The maximum absolute atomic E-state index is 12.6. The van der Waals surface area contributed by atoms with Gasteiger partial charge in [-0.3, -0.25) is 4.72 Å². The summed E-state index contributed by atoms with van der Waals surface area (Å²) < 4.78 is 73.9. The van der Waals surface area contributed by atoms with Crippen LogP contribution < -0.4 is 9.46 Å². The molecule has 0 atom stereocenters. The molecule has 0 unspecified atom stereocenters. The predicted octanol–water partition coefficient (Wildman–Crippen LogP) is 4.98. The highest BCUT2D eigenvalue weighted by atomic mass is 32.2. The number of hydrogen-bond donors (Lipinski definition) is 1. The molecule has 0 aromatic heterocycles. The molecule has 3 rings (SSSR count). The largest absolute Gasteiger partial charge is 0.573 e. The van der Waals surface area contributed by atoms with Crippen LogP contribution in [0.25, 0.3) is 11.1 Å². The van der Waals surface area contributed by atoms with E-state index in [9.17, 15) is 26.4 Å². The number of methoxy groups -OCH3 is 1. The number of esters is 1. The van der Waals surface area contributed by atoms with Crippen LogP contribution in [0.5, 0.6) is 5.75 Å². The number of nitrogens with one attached hydrogen (secondary N) is 1. The Morgan fingerprint density at radius 1 is 0.938 bits per heavy atom. The molecule has 0 aliphatic rings. The Morgan fingerprint density at radius 3 is 2.16 bits per heavy atom. The van der Waals surface area contributed by atoms with Crippen molar-refractivity contribution >= 4 is 21.7 Å². The minimum atomic E-state index is -4.83. The van der Waals surface area contributed by atoms with Crippen molar-refractivity contribution in [3.63, 3.8) is 0 Å². The highest BCUT2D eigenvalue weighted by Crippen LogP contribution is 2.34. The van der Waals surface area contributed by atoms with Crippen LogP contribution in [-0.4, -0.2) is 27.9 Å². The number of halogens is 3. The zero-order chi connectivity index (χ0) is 23.4. The maximum atomic E-state index is 12.6. The van der Waals surface area contributed by atoms with Crippen LogP contribution >= 0.6 is 0 Å². The molecule has 0 fully saturated rings. The van der Waals surface area contributed by atoms with Crippen molar-refractivity contribution in [2.24, 2.45) is 0 Å². The van der Waals surface area contributed by atoms with Gasteiger partial charge < -0.3 is 9.47 Å². The first-order valence-corrected chi connectivity index (χ1v) is 10.8. The van der Waals surface area contributed by atoms with E-state index in [2.05, 4.69) is 14.2 Å². The molecule has 0 amide bonds. The lowest BCUT2D eigenvalue weighted by Crippen LogP contribution is -2.17. The zero-order valence-electron chi connectivity index (χ0n) is 16.7. The fourth-order valence-electron chi connectivity index (χ4n) is 2.93. The van der Waals surface area contributed by atoms with Gasteiger partial charge in [-0.05, 0) is 41.5 Å². The van der Waals surface area contributed by atoms with Gasteiger partial charge in [0.25, 0.3) is 0 Å². The fourth-order valence-corrected chi connectivity index (χ4v) is 4.13. The number of benzene rings is 3. The van der Waals surface area contributed by atoms with Gasteiger partial charge >= 0.3 is 12.3 Å². The number of rotatable bonds is 7. The standard InChI is InChI=1S/C22H18F3NO5S/c1-30-21(27)17-8-6-15(7-9-17)14-32(28,29)26-18-12-10-16(11-13-18)19-4-2-3-5-20(19)31-22(23,24)25/h2-13,26H,14H2,1H3. The summed E-state index contributed by atoms with van der Waals surface area (Å²) in [5, 5.41) is 0. The van der Waals surface area contributed by atoms with Crippen LogP contribution in [0.2, 0.25) is 0 Å². The average molecular weight is 465 g/mol.